The second-order valence-electron chi connectivity index (χ2n) is 7.50. The molecule has 0 bridgehead atoms. The smallest absolute Gasteiger partial charge is 0.253 e. The number of anilines is 2. The lowest BCUT2D eigenvalue weighted by Gasteiger charge is -2.34. The molecule has 152 valence electrons. The first-order valence-corrected chi connectivity index (χ1v) is 10.2. The SMILES string of the molecule is CCOc1ccc2cc(CNc3ccc(N4CCN(C)CC4)cc3)c(=O)[nH]c2c1. The quantitative estimate of drug-likeness (QED) is 0.674. The molecule has 1 fully saturated rings. The van der Waals surface area contributed by atoms with Crippen LogP contribution in [0.1, 0.15) is 12.5 Å². The maximum Gasteiger partial charge on any atom is 0.253 e. The first-order valence-electron chi connectivity index (χ1n) is 10.2. The van der Waals surface area contributed by atoms with E-state index in [-0.39, 0.29) is 5.56 Å². The zero-order valence-corrected chi connectivity index (χ0v) is 17.1. The molecule has 1 aromatic heterocycles. The minimum atomic E-state index is -0.0762. The van der Waals surface area contributed by atoms with E-state index in [0.29, 0.717) is 18.7 Å². The van der Waals surface area contributed by atoms with E-state index >= 15 is 0 Å². The van der Waals surface area contributed by atoms with E-state index in [1.165, 1.54) is 5.69 Å². The van der Waals surface area contributed by atoms with E-state index in [2.05, 4.69) is 51.4 Å². The van der Waals surface area contributed by atoms with Crippen molar-refractivity contribution in [1.29, 1.82) is 0 Å². The van der Waals surface area contributed by atoms with Crippen LogP contribution in [0.5, 0.6) is 5.75 Å². The first kappa shape index (κ1) is 19.3. The number of nitrogens with zero attached hydrogens (tertiary/aromatic N) is 2. The summed E-state index contributed by atoms with van der Waals surface area (Å²) in [4.78, 5) is 20.2. The number of fused-ring (bicyclic) bond motifs is 1. The van der Waals surface area contributed by atoms with Gasteiger partial charge in [0.05, 0.1) is 12.1 Å². The Labute approximate surface area is 171 Å². The highest BCUT2D eigenvalue weighted by Crippen LogP contribution is 2.21. The van der Waals surface area contributed by atoms with E-state index in [9.17, 15) is 4.79 Å². The molecule has 2 aromatic carbocycles. The van der Waals surface area contributed by atoms with Crippen molar-refractivity contribution in [3.8, 4) is 5.75 Å². The van der Waals surface area contributed by atoms with Gasteiger partial charge in [-0.05, 0) is 61.8 Å². The van der Waals surface area contributed by atoms with Crippen LogP contribution in [0.25, 0.3) is 10.9 Å². The van der Waals surface area contributed by atoms with Crippen LogP contribution in [0.2, 0.25) is 0 Å². The summed E-state index contributed by atoms with van der Waals surface area (Å²) in [6.45, 7) is 7.33. The molecule has 1 aliphatic heterocycles. The number of likely N-dealkylation sites (N-methyl/N-ethyl adjacent to an activating group) is 1. The predicted octanol–water partition coefficient (Wildman–Crippen LogP) is 3.29. The van der Waals surface area contributed by atoms with Gasteiger partial charge in [-0.3, -0.25) is 4.79 Å². The molecule has 2 heterocycles. The van der Waals surface area contributed by atoms with Gasteiger partial charge >= 0.3 is 0 Å². The normalized spacial score (nSPS) is 14.9. The van der Waals surface area contributed by atoms with E-state index in [0.717, 1.165) is 48.5 Å². The molecule has 0 saturated carbocycles. The molecule has 0 radical (unpaired) electrons. The van der Waals surface area contributed by atoms with Crippen LogP contribution in [0.4, 0.5) is 11.4 Å². The Kier molecular flexibility index (Phi) is 5.71. The molecule has 1 aliphatic rings. The molecule has 6 nitrogen and oxygen atoms in total. The summed E-state index contributed by atoms with van der Waals surface area (Å²) in [6.07, 6.45) is 0. The standard InChI is InChI=1S/C23H28N4O2/c1-3-29-21-9-4-17-14-18(23(28)25-22(17)15-21)16-24-19-5-7-20(8-6-19)27-12-10-26(2)11-13-27/h4-9,14-15,24H,3,10-13,16H2,1-2H3,(H,25,28). The summed E-state index contributed by atoms with van der Waals surface area (Å²) in [5.74, 6) is 0.766. The van der Waals surface area contributed by atoms with Crippen molar-refractivity contribution in [3.05, 3.63) is 64.4 Å². The Bertz CT molecular complexity index is 1020. The third kappa shape index (κ3) is 4.54. The third-order valence-electron chi connectivity index (χ3n) is 5.42. The fraction of sp³-hybridized carbons (Fsp3) is 0.348. The van der Waals surface area contributed by atoms with Gasteiger partial charge in [-0.2, -0.15) is 0 Å². The summed E-state index contributed by atoms with van der Waals surface area (Å²) < 4.78 is 5.51. The molecule has 0 spiro atoms. The first-order chi connectivity index (χ1) is 14.1. The third-order valence-corrected chi connectivity index (χ3v) is 5.42. The second-order valence-corrected chi connectivity index (χ2v) is 7.50. The molecule has 4 rings (SSSR count). The van der Waals surface area contributed by atoms with Gasteiger partial charge in [-0.25, -0.2) is 0 Å². The Hall–Kier alpha value is -2.99. The van der Waals surface area contributed by atoms with Crippen LogP contribution in [-0.4, -0.2) is 49.7 Å². The van der Waals surface area contributed by atoms with Crippen molar-refractivity contribution < 1.29 is 4.74 Å². The number of aromatic amines is 1. The summed E-state index contributed by atoms with van der Waals surface area (Å²) in [5, 5.41) is 4.36. The minimum absolute atomic E-state index is 0.0762. The lowest BCUT2D eigenvalue weighted by atomic mass is 10.1. The summed E-state index contributed by atoms with van der Waals surface area (Å²) in [5.41, 5.74) is 3.69. The van der Waals surface area contributed by atoms with Crippen LogP contribution < -0.4 is 20.5 Å². The molecule has 0 amide bonds. The summed E-state index contributed by atoms with van der Waals surface area (Å²) >= 11 is 0. The van der Waals surface area contributed by atoms with E-state index in [1.807, 2.05) is 31.2 Å². The highest BCUT2D eigenvalue weighted by molar-refractivity contribution is 5.80. The molecule has 2 N–H and O–H groups in total. The van der Waals surface area contributed by atoms with Crippen molar-refractivity contribution >= 4 is 22.3 Å². The zero-order valence-electron chi connectivity index (χ0n) is 17.1. The van der Waals surface area contributed by atoms with Gasteiger partial charge in [0.15, 0.2) is 0 Å². The Balaban J connectivity index is 1.43. The van der Waals surface area contributed by atoms with Crippen LogP contribution in [0, 0.1) is 0 Å². The van der Waals surface area contributed by atoms with Crippen LogP contribution in [-0.2, 0) is 6.54 Å². The number of piperazine rings is 1. The molecule has 6 heteroatoms. The van der Waals surface area contributed by atoms with Crippen molar-refractivity contribution in [2.24, 2.45) is 0 Å². The van der Waals surface area contributed by atoms with Gasteiger partial charge in [0, 0.05) is 55.7 Å². The number of rotatable bonds is 6. The van der Waals surface area contributed by atoms with Crippen molar-refractivity contribution in [2.75, 3.05) is 50.1 Å². The number of H-pyrrole nitrogens is 1. The van der Waals surface area contributed by atoms with Crippen LogP contribution >= 0.6 is 0 Å². The highest BCUT2D eigenvalue weighted by atomic mass is 16.5. The number of pyridine rings is 1. The lowest BCUT2D eigenvalue weighted by Crippen LogP contribution is -2.44. The van der Waals surface area contributed by atoms with Gasteiger partial charge in [0.2, 0.25) is 0 Å². The van der Waals surface area contributed by atoms with Crippen LogP contribution in [0.3, 0.4) is 0 Å². The topological polar surface area (TPSA) is 60.6 Å². The second kappa shape index (κ2) is 8.57. The molecule has 0 unspecified atom stereocenters. The predicted molar refractivity (Wildman–Crippen MR) is 119 cm³/mol. The Morgan fingerprint density at radius 2 is 1.79 bits per heavy atom. The number of nitrogens with one attached hydrogen (secondary N) is 2. The van der Waals surface area contributed by atoms with Crippen molar-refractivity contribution in [3.63, 3.8) is 0 Å². The number of hydrogen-bond donors (Lipinski definition) is 2. The Morgan fingerprint density at radius 3 is 2.52 bits per heavy atom. The van der Waals surface area contributed by atoms with E-state index in [4.69, 9.17) is 4.74 Å². The summed E-state index contributed by atoms with van der Waals surface area (Å²) in [6, 6.07) is 16.2. The monoisotopic (exact) mass is 392 g/mol. The van der Waals surface area contributed by atoms with Gasteiger partial charge in [0.25, 0.3) is 5.56 Å². The van der Waals surface area contributed by atoms with Crippen molar-refractivity contribution in [1.82, 2.24) is 9.88 Å². The maximum absolute atomic E-state index is 12.5. The van der Waals surface area contributed by atoms with Crippen LogP contribution in [0.15, 0.2) is 53.3 Å². The number of hydrogen-bond acceptors (Lipinski definition) is 5. The summed E-state index contributed by atoms with van der Waals surface area (Å²) in [7, 11) is 2.16. The van der Waals surface area contributed by atoms with Gasteiger partial charge in [-0.15, -0.1) is 0 Å². The number of aromatic nitrogens is 1. The number of ether oxygens (including phenoxy) is 1. The zero-order chi connectivity index (χ0) is 20.2. The molecule has 0 aliphatic carbocycles. The Morgan fingerprint density at radius 1 is 1.03 bits per heavy atom. The molecule has 0 atom stereocenters. The molecule has 29 heavy (non-hydrogen) atoms. The van der Waals surface area contributed by atoms with E-state index < -0.39 is 0 Å². The molecular formula is C23H28N4O2. The van der Waals surface area contributed by atoms with Crippen molar-refractivity contribution in [2.45, 2.75) is 13.5 Å². The average molecular weight is 393 g/mol. The largest absolute Gasteiger partial charge is 0.494 e. The molecule has 1 saturated heterocycles. The average Bonchev–Trinajstić information content (AvgIpc) is 2.73. The lowest BCUT2D eigenvalue weighted by molar-refractivity contribution is 0.313. The number of benzene rings is 2. The van der Waals surface area contributed by atoms with Gasteiger partial charge < -0.3 is 24.8 Å². The van der Waals surface area contributed by atoms with Gasteiger partial charge in [-0.1, -0.05) is 0 Å². The fourth-order valence-electron chi connectivity index (χ4n) is 3.67. The minimum Gasteiger partial charge on any atom is -0.494 e. The van der Waals surface area contributed by atoms with E-state index in [1.54, 1.807) is 0 Å². The molecular weight excluding hydrogens is 364 g/mol. The maximum atomic E-state index is 12.5. The highest BCUT2D eigenvalue weighted by Gasteiger charge is 2.14. The molecule has 3 aromatic rings. The fourth-order valence-corrected chi connectivity index (χ4v) is 3.67. The van der Waals surface area contributed by atoms with Gasteiger partial charge in [0.1, 0.15) is 5.75 Å².